The highest BCUT2D eigenvalue weighted by Crippen LogP contribution is 2.31. The van der Waals surface area contributed by atoms with Crippen molar-refractivity contribution in [3.63, 3.8) is 0 Å². The zero-order chi connectivity index (χ0) is 22.8. The van der Waals surface area contributed by atoms with Crippen molar-refractivity contribution < 1.29 is 18.7 Å². The summed E-state index contributed by atoms with van der Waals surface area (Å²) in [4.78, 5) is 29.0. The molecule has 4 aromatic rings. The van der Waals surface area contributed by atoms with Gasteiger partial charge < -0.3 is 10.1 Å². The number of hydrogen-bond donors (Lipinski definition) is 1. The van der Waals surface area contributed by atoms with E-state index in [2.05, 4.69) is 10.3 Å². The summed E-state index contributed by atoms with van der Waals surface area (Å²) >= 11 is 5.80. The van der Waals surface area contributed by atoms with E-state index in [9.17, 15) is 14.0 Å². The summed E-state index contributed by atoms with van der Waals surface area (Å²) in [7, 11) is 0. The molecule has 0 fully saturated rings. The number of ether oxygens (including phenoxy) is 1. The monoisotopic (exact) mass is 448 g/mol. The Balaban J connectivity index is 1.55. The number of hydrogen-bond acceptors (Lipinski definition) is 4. The summed E-state index contributed by atoms with van der Waals surface area (Å²) < 4.78 is 20.5. The summed E-state index contributed by atoms with van der Waals surface area (Å²) in [5.74, 6) is -2.10. The molecule has 0 unspecified atom stereocenters. The number of anilines is 1. The van der Waals surface area contributed by atoms with Crippen molar-refractivity contribution >= 4 is 39.9 Å². The van der Waals surface area contributed by atoms with Crippen LogP contribution in [0.2, 0.25) is 5.02 Å². The summed E-state index contributed by atoms with van der Waals surface area (Å²) in [6.45, 7) is 3.99. The number of ketones is 1. The van der Waals surface area contributed by atoms with Crippen molar-refractivity contribution in [3.05, 3.63) is 94.4 Å². The second-order valence-electron chi connectivity index (χ2n) is 7.30. The van der Waals surface area contributed by atoms with Gasteiger partial charge in [-0.05, 0) is 79.6 Å². The maximum Gasteiger partial charge on any atom is 0.296 e. The molecule has 1 aromatic heterocycles. The molecular weight excluding hydrogens is 431 g/mol. The number of benzene rings is 3. The van der Waals surface area contributed by atoms with Crippen molar-refractivity contribution in [2.45, 2.75) is 13.8 Å². The van der Waals surface area contributed by atoms with E-state index in [0.29, 0.717) is 16.5 Å². The third-order valence-electron chi connectivity index (χ3n) is 5.04. The first kappa shape index (κ1) is 21.5. The lowest BCUT2D eigenvalue weighted by atomic mass is 10.1. The van der Waals surface area contributed by atoms with Gasteiger partial charge in [-0.1, -0.05) is 11.6 Å². The zero-order valence-corrected chi connectivity index (χ0v) is 18.0. The van der Waals surface area contributed by atoms with E-state index in [4.69, 9.17) is 16.3 Å². The standard InChI is InChI=1S/C25H18ClFN2O3/c1-14-11-20-22(12-15(14)2)28-10-9-23(20)32-18-7-8-19(21(27)13-18)24(30)25(31)29-17-5-3-16(26)4-6-17/h3-13H,1-2H3,(H,29,31). The number of halogens is 2. The van der Waals surface area contributed by atoms with Gasteiger partial charge in [0.15, 0.2) is 0 Å². The highest BCUT2D eigenvalue weighted by atomic mass is 35.5. The molecule has 1 amide bonds. The van der Waals surface area contributed by atoms with Gasteiger partial charge in [-0.25, -0.2) is 4.39 Å². The number of Topliss-reactive ketones (excluding diaryl/α,β-unsaturated/α-hetero) is 1. The van der Waals surface area contributed by atoms with Crippen molar-refractivity contribution in [2.24, 2.45) is 0 Å². The molecule has 160 valence electrons. The van der Waals surface area contributed by atoms with Crippen molar-refractivity contribution in [3.8, 4) is 11.5 Å². The molecule has 0 saturated carbocycles. The quantitative estimate of drug-likeness (QED) is 0.289. The first-order valence-electron chi connectivity index (χ1n) is 9.76. The molecule has 32 heavy (non-hydrogen) atoms. The van der Waals surface area contributed by atoms with Crippen LogP contribution >= 0.6 is 11.6 Å². The van der Waals surface area contributed by atoms with Gasteiger partial charge in [-0.15, -0.1) is 0 Å². The number of carbonyl (C=O) groups is 2. The normalized spacial score (nSPS) is 10.8. The van der Waals surface area contributed by atoms with Gasteiger partial charge in [0.2, 0.25) is 0 Å². The molecule has 0 atom stereocenters. The minimum Gasteiger partial charge on any atom is -0.456 e. The van der Waals surface area contributed by atoms with Crippen LogP contribution in [-0.4, -0.2) is 16.7 Å². The van der Waals surface area contributed by atoms with Gasteiger partial charge in [0, 0.05) is 28.4 Å². The maximum atomic E-state index is 14.7. The van der Waals surface area contributed by atoms with Gasteiger partial charge in [0.05, 0.1) is 11.1 Å². The lowest BCUT2D eigenvalue weighted by molar-refractivity contribution is -0.112. The highest BCUT2D eigenvalue weighted by Gasteiger charge is 2.21. The van der Waals surface area contributed by atoms with E-state index in [1.165, 1.54) is 12.1 Å². The topological polar surface area (TPSA) is 68.3 Å². The number of carbonyl (C=O) groups excluding carboxylic acids is 2. The smallest absolute Gasteiger partial charge is 0.296 e. The number of nitrogens with zero attached hydrogens (tertiary/aromatic N) is 1. The average molecular weight is 449 g/mol. The van der Waals surface area contributed by atoms with Crippen LogP contribution in [0, 0.1) is 19.7 Å². The SMILES string of the molecule is Cc1cc2nccc(Oc3ccc(C(=O)C(=O)Nc4ccc(Cl)cc4)c(F)c3)c2cc1C. The molecule has 3 aromatic carbocycles. The largest absolute Gasteiger partial charge is 0.456 e. The number of aromatic nitrogens is 1. The number of pyridine rings is 1. The van der Waals surface area contributed by atoms with Crippen LogP contribution in [0.25, 0.3) is 10.9 Å². The molecule has 0 spiro atoms. The molecule has 7 heteroatoms. The first-order valence-corrected chi connectivity index (χ1v) is 10.1. The Bertz CT molecular complexity index is 1350. The minimum atomic E-state index is -0.996. The van der Waals surface area contributed by atoms with E-state index in [-0.39, 0.29) is 11.3 Å². The van der Waals surface area contributed by atoms with E-state index in [1.807, 2.05) is 26.0 Å². The molecule has 0 aliphatic rings. The van der Waals surface area contributed by atoms with Crippen LogP contribution in [-0.2, 0) is 4.79 Å². The number of amides is 1. The molecule has 1 heterocycles. The van der Waals surface area contributed by atoms with E-state index in [1.54, 1.807) is 36.5 Å². The summed E-state index contributed by atoms with van der Waals surface area (Å²) in [5.41, 5.74) is 2.97. The van der Waals surface area contributed by atoms with Gasteiger partial charge in [-0.3, -0.25) is 14.6 Å². The fraction of sp³-hybridized carbons (Fsp3) is 0.0800. The van der Waals surface area contributed by atoms with Crippen LogP contribution in [0.4, 0.5) is 10.1 Å². The molecule has 0 bridgehead atoms. The maximum absolute atomic E-state index is 14.7. The molecule has 5 nitrogen and oxygen atoms in total. The first-order chi connectivity index (χ1) is 15.3. The zero-order valence-electron chi connectivity index (χ0n) is 17.3. The summed E-state index contributed by atoms with van der Waals surface area (Å²) in [5, 5.41) is 3.71. The molecule has 0 saturated heterocycles. The fourth-order valence-electron chi connectivity index (χ4n) is 3.18. The van der Waals surface area contributed by atoms with Gasteiger partial charge in [0.1, 0.15) is 17.3 Å². The Morgan fingerprint density at radius 1 is 0.969 bits per heavy atom. The Kier molecular flexibility index (Phi) is 5.88. The van der Waals surface area contributed by atoms with E-state index < -0.39 is 17.5 Å². The average Bonchev–Trinajstić information content (AvgIpc) is 2.76. The third kappa shape index (κ3) is 4.45. The van der Waals surface area contributed by atoms with Crippen LogP contribution in [0.15, 0.2) is 66.9 Å². The second kappa shape index (κ2) is 8.77. The Labute approximate surface area is 188 Å². The van der Waals surface area contributed by atoms with Crippen molar-refractivity contribution in [1.29, 1.82) is 0 Å². The highest BCUT2D eigenvalue weighted by molar-refractivity contribution is 6.46. The molecular formula is C25H18ClFN2O3. The third-order valence-corrected chi connectivity index (χ3v) is 5.29. The van der Waals surface area contributed by atoms with Crippen LogP contribution in [0.3, 0.4) is 0 Å². The van der Waals surface area contributed by atoms with Crippen LogP contribution < -0.4 is 10.1 Å². The number of nitrogens with one attached hydrogen (secondary N) is 1. The molecule has 0 aliphatic carbocycles. The lowest BCUT2D eigenvalue weighted by Crippen LogP contribution is -2.23. The number of aryl methyl sites for hydroxylation is 2. The summed E-state index contributed by atoms with van der Waals surface area (Å²) in [6.07, 6.45) is 1.61. The van der Waals surface area contributed by atoms with E-state index >= 15 is 0 Å². The Morgan fingerprint density at radius 2 is 1.69 bits per heavy atom. The molecule has 0 aliphatic heterocycles. The number of rotatable bonds is 5. The minimum absolute atomic E-state index is 0.197. The van der Waals surface area contributed by atoms with Crippen LogP contribution in [0.1, 0.15) is 21.5 Å². The van der Waals surface area contributed by atoms with Crippen LogP contribution in [0.5, 0.6) is 11.5 Å². The molecule has 4 rings (SSSR count). The number of fused-ring (bicyclic) bond motifs is 1. The van der Waals surface area contributed by atoms with Crippen molar-refractivity contribution in [1.82, 2.24) is 4.98 Å². The summed E-state index contributed by atoms with van der Waals surface area (Å²) in [6, 6.07) is 15.6. The Hall–Kier alpha value is -3.77. The van der Waals surface area contributed by atoms with E-state index in [0.717, 1.165) is 28.1 Å². The Morgan fingerprint density at radius 3 is 2.41 bits per heavy atom. The predicted octanol–water partition coefficient (Wildman–Crippen LogP) is 6.26. The van der Waals surface area contributed by atoms with Crippen molar-refractivity contribution in [2.75, 3.05) is 5.32 Å². The fourth-order valence-corrected chi connectivity index (χ4v) is 3.31. The predicted molar refractivity (Wildman–Crippen MR) is 122 cm³/mol. The molecule has 1 N–H and O–H groups in total. The van der Waals surface area contributed by atoms with Gasteiger partial charge in [0.25, 0.3) is 11.7 Å². The van der Waals surface area contributed by atoms with Gasteiger partial charge in [-0.2, -0.15) is 0 Å². The van der Waals surface area contributed by atoms with Gasteiger partial charge >= 0.3 is 0 Å². The molecule has 0 radical (unpaired) electrons. The lowest BCUT2D eigenvalue weighted by Gasteiger charge is -2.11. The second-order valence-corrected chi connectivity index (χ2v) is 7.73.